The van der Waals surface area contributed by atoms with Crippen LogP contribution >= 0.6 is 0 Å². The van der Waals surface area contributed by atoms with Crippen molar-refractivity contribution in [3.63, 3.8) is 0 Å². The Balaban J connectivity index is 1.65. The van der Waals surface area contributed by atoms with Crippen LogP contribution in [0.3, 0.4) is 0 Å². The van der Waals surface area contributed by atoms with Crippen molar-refractivity contribution in [2.24, 2.45) is 0 Å². The number of sulfone groups is 1. The molecule has 164 valence electrons. The highest BCUT2D eigenvalue weighted by molar-refractivity contribution is 7.90. The van der Waals surface area contributed by atoms with E-state index >= 15 is 0 Å². The van der Waals surface area contributed by atoms with Gasteiger partial charge in [-0.05, 0) is 74.1 Å². The van der Waals surface area contributed by atoms with Gasteiger partial charge in [-0.2, -0.15) is 0 Å². The first kappa shape index (κ1) is 22.6. The highest BCUT2D eigenvalue weighted by atomic mass is 32.2. The highest BCUT2D eigenvalue weighted by Crippen LogP contribution is 2.34. The van der Waals surface area contributed by atoms with E-state index in [4.69, 9.17) is 4.74 Å². The zero-order valence-electron chi connectivity index (χ0n) is 18.4. The van der Waals surface area contributed by atoms with Crippen molar-refractivity contribution in [3.8, 4) is 11.5 Å². The standard InChI is InChI=1S/C24H33NO4S/c1-5-6-13-29-23-14-18(7-10-22(23)26)11-12-24(2,3)25-16-19-8-9-21(30(4,27)28)15-20(19)17-25/h7-10,14-15,26H,5-6,11-13,16-17H2,1-4H3. The number of rotatable bonds is 9. The molecule has 2 aromatic carbocycles. The number of unbranched alkanes of at least 4 members (excludes halogenated alkanes) is 1. The Morgan fingerprint density at radius 2 is 1.83 bits per heavy atom. The number of ether oxygens (including phenoxy) is 1. The van der Waals surface area contributed by atoms with Gasteiger partial charge in [0.15, 0.2) is 21.3 Å². The largest absolute Gasteiger partial charge is 0.504 e. The molecule has 1 heterocycles. The summed E-state index contributed by atoms with van der Waals surface area (Å²) in [4.78, 5) is 2.79. The molecule has 5 nitrogen and oxygen atoms in total. The Morgan fingerprint density at radius 3 is 2.53 bits per heavy atom. The molecule has 6 heteroatoms. The van der Waals surface area contributed by atoms with Crippen molar-refractivity contribution in [1.29, 1.82) is 0 Å². The number of hydrogen-bond donors (Lipinski definition) is 1. The smallest absolute Gasteiger partial charge is 0.175 e. The Kier molecular flexibility index (Phi) is 6.78. The average Bonchev–Trinajstić information content (AvgIpc) is 3.12. The molecule has 0 saturated heterocycles. The van der Waals surface area contributed by atoms with E-state index in [1.807, 2.05) is 24.3 Å². The monoisotopic (exact) mass is 431 g/mol. The number of aromatic hydroxyl groups is 1. The fourth-order valence-electron chi connectivity index (χ4n) is 3.79. The van der Waals surface area contributed by atoms with Gasteiger partial charge in [0.1, 0.15) is 0 Å². The molecule has 2 aromatic rings. The van der Waals surface area contributed by atoms with Crippen LogP contribution in [0.2, 0.25) is 0 Å². The van der Waals surface area contributed by atoms with Crippen LogP contribution in [0.25, 0.3) is 0 Å². The molecule has 0 fully saturated rings. The Morgan fingerprint density at radius 1 is 1.10 bits per heavy atom. The summed E-state index contributed by atoms with van der Waals surface area (Å²) in [6.45, 7) is 8.77. The van der Waals surface area contributed by atoms with Crippen molar-refractivity contribution in [2.75, 3.05) is 12.9 Å². The summed E-state index contributed by atoms with van der Waals surface area (Å²) in [7, 11) is -3.19. The Hall–Kier alpha value is -2.05. The second kappa shape index (κ2) is 8.98. The first-order chi connectivity index (χ1) is 14.1. The lowest BCUT2D eigenvalue weighted by molar-refractivity contribution is 0.109. The predicted molar refractivity (Wildman–Crippen MR) is 120 cm³/mol. The second-order valence-corrected chi connectivity index (χ2v) is 10.9. The summed E-state index contributed by atoms with van der Waals surface area (Å²) in [5.41, 5.74) is 3.39. The van der Waals surface area contributed by atoms with Crippen LogP contribution in [0.1, 0.15) is 56.7 Å². The molecular weight excluding hydrogens is 398 g/mol. The first-order valence-corrected chi connectivity index (χ1v) is 12.5. The quantitative estimate of drug-likeness (QED) is 0.583. The van der Waals surface area contributed by atoms with Gasteiger partial charge in [0, 0.05) is 24.9 Å². The van der Waals surface area contributed by atoms with Crippen LogP contribution in [-0.2, 0) is 29.3 Å². The van der Waals surface area contributed by atoms with Crippen LogP contribution in [-0.4, -0.2) is 36.8 Å². The maximum absolute atomic E-state index is 11.9. The number of nitrogens with zero attached hydrogens (tertiary/aromatic N) is 1. The van der Waals surface area contributed by atoms with Gasteiger partial charge in [0.25, 0.3) is 0 Å². The van der Waals surface area contributed by atoms with Crippen LogP contribution < -0.4 is 4.74 Å². The molecule has 0 aromatic heterocycles. The van der Waals surface area contributed by atoms with Crippen LogP contribution in [0, 0.1) is 0 Å². The van der Waals surface area contributed by atoms with Crippen molar-refractivity contribution in [3.05, 3.63) is 53.1 Å². The van der Waals surface area contributed by atoms with Gasteiger partial charge in [-0.3, -0.25) is 4.90 Å². The van der Waals surface area contributed by atoms with Crippen molar-refractivity contribution >= 4 is 9.84 Å². The lowest BCUT2D eigenvalue weighted by atomic mass is 9.93. The summed E-state index contributed by atoms with van der Waals surface area (Å²) < 4.78 is 29.4. The predicted octanol–water partition coefficient (Wildman–Crippen LogP) is 4.70. The number of fused-ring (bicyclic) bond motifs is 1. The first-order valence-electron chi connectivity index (χ1n) is 10.6. The molecule has 0 aliphatic carbocycles. The molecule has 3 rings (SSSR count). The van der Waals surface area contributed by atoms with E-state index in [1.54, 1.807) is 12.1 Å². The van der Waals surface area contributed by atoms with E-state index in [9.17, 15) is 13.5 Å². The minimum atomic E-state index is -3.19. The summed E-state index contributed by atoms with van der Waals surface area (Å²) in [5.74, 6) is 0.742. The molecule has 0 spiro atoms. The second-order valence-electron chi connectivity index (χ2n) is 8.88. The fourth-order valence-corrected chi connectivity index (χ4v) is 4.47. The van der Waals surface area contributed by atoms with E-state index in [2.05, 4.69) is 25.7 Å². The molecule has 1 N–H and O–H groups in total. The van der Waals surface area contributed by atoms with E-state index in [0.29, 0.717) is 17.3 Å². The normalized spacial score (nSPS) is 14.7. The molecule has 0 unspecified atom stereocenters. The number of benzene rings is 2. The molecule has 0 saturated carbocycles. The molecular formula is C24H33NO4S. The van der Waals surface area contributed by atoms with Gasteiger partial charge in [0.2, 0.25) is 0 Å². The molecule has 1 aliphatic rings. The summed E-state index contributed by atoms with van der Waals surface area (Å²) in [6, 6.07) is 11.1. The van der Waals surface area contributed by atoms with Gasteiger partial charge in [0.05, 0.1) is 11.5 Å². The lowest BCUT2D eigenvalue weighted by Gasteiger charge is -2.35. The van der Waals surface area contributed by atoms with E-state index in [-0.39, 0.29) is 11.3 Å². The van der Waals surface area contributed by atoms with Crippen molar-refractivity contribution < 1.29 is 18.3 Å². The van der Waals surface area contributed by atoms with Gasteiger partial charge >= 0.3 is 0 Å². The molecule has 0 atom stereocenters. The topological polar surface area (TPSA) is 66.8 Å². The number of phenols is 1. The third-order valence-corrected chi connectivity index (χ3v) is 7.10. The molecule has 30 heavy (non-hydrogen) atoms. The van der Waals surface area contributed by atoms with Gasteiger partial charge in [-0.25, -0.2) is 8.42 Å². The summed E-state index contributed by atoms with van der Waals surface area (Å²) in [6.07, 6.45) is 5.09. The van der Waals surface area contributed by atoms with Crippen LogP contribution in [0.4, 0.5) is 0 Å². The average molecular weight is 432 g/mol. The van der Waals surface area contributed by atoms with Gasteiger partial charge in [-0.15, -0.1) is 0 Å². The number of phenolic OH excluding ortho intramolecular Hbond substituents is 1. The zero-order chi connectivity index (χ0) is 21.9. The SMILES string of the molecule is CCCCOc1cc(CCC(C)(C)N2Cc3ccc(S(C)(=O)=O)cc3C2)ccc1O. The minimum Gasteiger partial charge on any atom is -0.504 e. The van der Waals surface area contributed by atoms with Gasteiger partial charge < -0.3 is 9.84 Å². The molecule has 0 bridgehead atoms. The number of hydrogen-bond acceptors (Lipinski definition) is 5. The maximum Gasteiger partial charge on any atom is 0.175 e. The Bertz CT molecular complexity index is 998. The van der Waals surface area contributed by atoms with Crippen molar-refractivity contribution in [1.82, 2.24) is 4.90 Å². The summed E-state index contributed by atoms with van der Waals surface area (Å²) >= 11 is 0. The summed E-state index contributed by atoms with van der Waals surface area (Å²) in [5, 5.41) is 10.0. The lowest BCUT2D eigenvalue weighted by Crippen LogP contribution is -2.40. The van der Waals surface area contributed by atoms with Crippen molar-refractivity contribution in [2.45, 2.75) is 70.0 Å². The molecule has 0 radical (unpaired) electrons. The zero-order valence-corrected chi connectivity index (χ0v) is 19.3. The molecule has 1 aliphatic heterocycles. The van der Waals surface area contributed by atoms with E-state index in [1.165, 1.54) is 11.8 Å². The van der Waals surface area contributed by atoms with E-state index < -0.39 is 9.84 Å². The molecule has 0 amide bonds. The van der Waals surface area contributed by atoms with Crippen LogP contribution in [0.5, 0.6) is 11.5 Å². The third kappa shape index (κ3) is 5.35. The third-order valence-electron chi connectivity index (χ3n) is 5.99. The van der Waals surface area contributed by atoms with Crippen LogP contribution in [0.15, 0.2) is 41.3 Å². The minimum absolute atomic E-state index is 0.0502. The fraction of sp³-hybridized carbons (Fsp3) is 0.500. The van der Waals surface area contributed by atoms with Gasteiger partial charge in [-0.1, -0.05) is 25.5 Å². The van der Waals surface area contributed by atoms with E-state index in [0.717, 1.165) is 49.9 Å². The highest BCUT2D eigenvalue weighted by Gasteiger charge is 2.32. The Labute approximate surface area is 180 Å². The maximum atomic E-state index is 11.9. The number of aryl methyl sites for hydroxylation is 1.